The van der Waals surface area contributed by atoms with Gasteiger partial charge < -0.3 is 15.8 Å². The van der Waals surface area contributed by atoms with Crippen LogP contribution in [0.1, 0.15) is 43.1 Å². The zero-order valence-electron chi connectivity index (χ0n) is 12.7. The number of rotatable bonds is 6. The van der Waals surface area contributed by atoms with Crippen molar-refractivity contribution in [1.29, 1.82) is 0 Å². The largest absolute Gasteiger partial charge is 0.382 e. The molecule has 0 fully saturated rings. The van der Waals surface area contributed by atoms with Crippen molar-refractivity contribution in [2.24, 2.45) is 5.73 Å². The topological polar surface area (TPSA) is 64.3 Å². The van der Waals surface area contributed by atoms with E-state index in [0.717, 1.165) is 12.5 Å². The minimum absolute atomic E-state index is 0.0613. The molecule has 0 spiro atoms. The fourth-order valence-corrected chi connectivity index (χ4v) is 2.11. The molecule has 0 saturated heterocycles. The summed E-state index contributed by atoms with van der Waals surface area (Å²) >= 11 is 0. The van der Waals surface area contributed by atoms with Crippen molar-refractivity contribution in [3.63, 3.8) is 0 Å². The first-order chi connectivity index (χ1) is 9.16. The van der Waals surface area contributed by atoms with Crippen molar-refractivity contribution in [2.45, 2.75) is 45.8 Å². The average Bonchev–Trinajstić information content (AvgIpc) is 2.33. The van der Waals surface area contributed by atoms with Gasteiger partial charge in [-0.05, 0) is 46.2 Å². The summed E-state index contributed by atoms with van der Waals surface area (Å²) in [4.78, 5) is 11.2. The van der Waals surface area contributed by atoms with Crippen LogP contribution in [0.4, 0.5) is 10.1 Å². The lowest BCUT2D eigenvalue weighted by Gasteiger charge is -2.28. The van der Waals surface area contributed by atoms with Gasteiger partial charge in [-0.3, -0.25) is 4.79 Å². The molecule has 1 atom stereocenters. The molecule has 112 valence electrons. The van der Waals surface area contributed by atoms with Crippen LogP contribution in [0.25, 0.3) is 0 Å². The number of benzene rings is 1. The molecule has 0 aromatic heterocycles. The maximum atomic E-state index is 13.8. The molecule has 0 radical (unpaired) electrons. The van der Waals surface area contributed by atoms with Crippen LogP contribution in [-0.4, -0.2) is 24.7 Å². The Morgan fingerprint density at radius 3 is 2.60 bits per heavy atom. The Kier molecular flexibility index (Phi) is 5.11. The summed E-state index contributed by atoms with van der Waals surface area (Å²) < 4.78 is 19.2. The monoisotopic (exact) mass is 282 g/mol. The van der Waals surface area contributed by atoms with Crippen molar-refractivity contribution >= 4 is 11.6 Å². The van der Waals surface area contributed by atoms with Gasteiger partial charge in [0.2, 0.25) is 5.91 Å². The Balaban J connectivity index is 2.94. The third-order valence-corrected chi connectivity index (χ3v) is 3.38. The van der Waals surface area contributed by atoms with E-state index in [2.05, 4.69) is 5.32 Å². The second-order valence-corrected chi connectivity index (χ2v) is 5.71. The number of carbonyl (C=O) groups excluding carboxylic acids is 1. The van der Waals surface area contributed by atoms with E-state index >= 15 is 0 Å². The van der Waals surface area contributed by atoms with E-state index in [1.165, 1.54) is 0 Å². The number of hydrogen-bond donors (Lipinski definition) is 2. The molecular weight excluding hydrogens is 259 g/mol. The van der Waals surface area contributed by atoms with Gasteiger partial charge in [-0.15, -0.1) is 0 Å². The number of amides is 1. The fourth-order valence-electron chi connectivity index (χ4n) is 2.11. The number of nitrogens with one attached hydrogen (secondary N) is 1. The molecule has 0 bridgehead atoms. The molecule has 1 aromatic carbocycles. The van der Waals surface area contributed by atoms with Gasteiger partial charge in [-0.2, -0.15) is 0 Å². The SMILES string of the molecule is COC(C)(C)CC(C)Nc1cc(C(N)=O)cc(F)c1C. The van der Waals surface area contributed by atoms with Crippen LogP contribution in [0.3, 0.4) is 0 Å². The molecule has 1 rings (SSSR count). The number of methoxy groups -OCH3 is 1. The van der Waals surface area contributed by atoms with Crippen LogP contribution in [-0.2, 0) is 4.74 Å². The Morgan fingerprint density at radius 1 is 1.50 bits per heavy atom. The molecule has 3 N–H and O–H groups in total. The van der Waals surface area contributed by atoms with Crippen LogP contribution in [0.15, 0.2) is 12.1 Å². The molecule has 1 unspecified atom stereocenters. The lowest BCUT2D eigenvalue weighted by atomic mass is 9.99. The summed E-state index contributed by atoms with van der Waals surface area (Å²) in [6, 6.07) is 2.80. The van der Waals surface area contributed by atoms with Gasteiger partial charge >= 0.3 is 0 Å². The van der Waals surface area contributed by atoms with E-state index in [-0.39, 0.29) is 17.2 Å². The van der Waals surface area contributed by atoms with E-state index in [4.69, 9.17) is 10.5 Å². The normalized spacial score (nSPS) is 13.1. The first kappa shape index (κ1) is 16.4. The molecule has 0 aliphatic rings. The van der Waals surface area contributed by atoms with Crippen LogP contribution in [0, 0.1) is 12.7 Å². The number of nitrogens with two attached hydrogens (primary N) is 1. The zero-order chi connectivity index (χ0) is 15.5. The van der Waals surface area contributed by atoms with Crippen molar-refractivity contribution in [2.75, 3.05) is 12.4 Å². The van der Waals surface area contributed by atoms with Gasteiger partial charge in [0.1, 0.15) is 5.82 Å². The Hall–Kier alpha value is -1.62. The zero-order valence-corrected chi connectivity index (χ0v) is 12.7. The first-order valence-electron chi connectivity index (χ1n) is 6.58. The van der Waals surface area contributed by atoms with Gasteiger partial charge in [-0.25, -0.2) is 4.39 Å². The summed E-state index contributed by atoms with van der Waals surface area (Å²) in [5.74, 6) is -1.08. The summed E-state index contributed by atoms with van der Waals surface area (Å²) in [5.41, 5.74) is 6.14. The molecule has 0 aliphatic carbocycles. The van der Waals surface area contributed by atoms with Crippen molar-refractivity contribution in [1.82, 2.24) is 0 Å². The summed E-state index contributed by atoms with van der Waals surface area (Å²) in [5, 5.41) is 3.21. The van der Waals surface area contributed by atoms with Crippen LogP contribution >= 0.6 is 0 Å². The van der Waals surface area contributed by atoms with E-state index in [1.807, 2.05) is 20.8 Å². The number of ether oxygens (including phenoxy) is 1. The van der Waals surface area contributed by atoms with Gasteiger partial charge in [0.15, 0.2) is 0 Å². The van der Waals surface area contributed by atoms with Crippen LogP contribution < -0.4 is 11.1 Å². The first-order valence-corrected chi connectivity index (χ1v) is 6.58. The van der Waals surface area contributed by atoms with Crippen LogP contribution in [0.5, 0.6) is 0 Å². The minimum atomic E-state index is -0.642. The van der Waals surface area contributed by atoms with E-state index in [1.54, 1.807) is 20.1 Å². The number of halogens is 1. The molecule has 1 amide bonds. The maximum Gasteiger partial charge on any atom is 0.248 e. The van der Waals surface area contributed by atoms with Gasteiger partial charge in [-0.1, -0.05) is 0 Å². The van der Waals surface area contributed by atoms with E-state index in [0.29, 0.717) is 11.3 Å². The Bertz CT molecular complexity index is 501. The minimum Gasteiger partial charge on any atom is -0.382 e. The summed E-state index contributed by atoms with van der Waals surface area (Å²) in [6.45, 7) is 7.61. The highest BCUT2D eigenvalue weighted by Gasteiger charge is 2.21. The smallest absolute Gasteiger partial charge is 0.248 e. The molecule has 20 heavy (non-hydrogen) atoms. The van der Waals surface area contributed by atoms with Gasteiger partial charge in [0, 0.05) is 30.0 Å². The van der Waals surface area contributed by atoms with Gasteiger partial charge in [0.05, 0.1) is 5.60 Å². The molecule has 0 aliphatic heterocycles. The standard InChI is InChI=1S/C15H23FN2O2/c1-9(8-15(3,4)20-5)18-13-7-11(14(17)19)6-12(16)10(13)2/h6-7,9,18H,8H2,1-5H3,(H2,17,19). The molecule has 5 heteroatoms. The molecule has 1 aromatic rings. The van der Waals surface area contributed by atoms with Crippen molar-refractivity contribution in [3.8, 4) is 0 Å². The molecule has 0 saturated carbocycles. The predicted octanol–water partition coefficient (Wildman–Crippen LogP) is 2.85. The second kappa shape index (κ2) is 6.22. The lowest BCUT2D eigenvalue weighted by Crippen LogP contribution is -2.31. The highest BCUT2D eigenvalue weighted by Crippen LogP contribution is 2.24. The number of hydrogen-bond acceptors (Lipinski definition) is 3. The highest BCUT2D eigenvalue weighted by molar-refractivity contribution is 5.94. The van der Waals surface area contributed by atoms with E-state index in [9.17, 15) is 9.18 Å². The van der Waals surface area contributed by atoms with Crippen molar-refractivity contribution in [3.05, 3.63) is 29.1 Å². The highest BCUT2D eigenvalue weighted by atomic mass is 19.1. The number of anilines is 1. The van der Waals surface area contributed by atoms with Crippen molar-refractivity contribution < 1.29 is 13.9 Å². The number of carbonyl (C=O) groups is 1. The van der Waals surface area contributed by atoms with Gasteiger partial charge in [0.25, 0.3) is 0 Å². The third kappa shape index (κ3) is 4.20. The second-order valence-electron chi connectivity index (χ2n) is 5.71. The number of primary amides is 1. The molecule has 4 nitrogen and oxygen atoms in total. The molecular formula is C15H23FN2O2. The van der Waals surface area contributed by atoms with E-state index < -0.39 is 11.7 Å². The average molecular weight is 282 g/mol. The summed E-state index contributed by atoms with van der Waals surface area (Å²) in [7, 11) is 1.66. The summed E-state index contributed by atoms with van der Waals surface area (Å²) in [6.07, 6.45) is 0.741. The maximum absolute atomic E-state index is 13.8. The van der Waals surface area contributed by atoms with Crippen LogP contribution in [0.2, 0.25) is 0 Å². The lowest BCUT2D eigenvalue weighted by molar-refractivity contribution is 0.0128. The predicted molar refractivity (Wildman–Crippen MR) is 78.4 cm³/mol. The third-order valence-electron chi connectivity index (χ3n) is 3.38. The Labute approximate surface area is 119 Å². The Morgan fingerprint density at radius 2 is 2.10 bits per heavy atom. The molecule has 0 heterocycles. The quantitative estimate of drug-likeness (QED) is 0.843. The fraction of sp³-hybridized carbons (Fsp3) is 0.533.